The fourth-order valence-corrected chi connectivity index (χ4v) is 2.58. The third-order valence-electron chi connectivity index (χ3n) is 2.85. The van der Waals surface area contributed by atoms with Crippen LogP contribution in [0.25, 0.3) is 0 Å². The summed E-state index contributed by atoms with van der Waals surface area (Å²) in [4.78, 5) is 0. The van der Waals surface area contributed by atoms with E-state index in [1.165, 1.54) is 93.9 Å². The molecule has 0 aromatic carbocycles. The maximum atomic E-state index is 4.66. The molecule has 0 unspecified atom stereocenters. The summed E-state index contributed by atoms with van der Waals surface area (Å²) in [5.41, 5.74) is 4.66. The zero-order valence-electron chi connectivity index (χ0n) is 12.1. The standard InChI is InChI=1S/C13H27.CH3NS2.Zn/c1-3-5-7-9-11-13-12-10-8-6-4-2;2-1(3)4;/h1,3-13H2,2H3;(H3,2,3,4);/q;;+1/p-1. The molecule has 0 aliphatic carbocycles. The second-order valence-electron chi connectivity index (χ2n) is 4.71. The van der Waals surface area contributed by atoms with Crippen LogP contribution in [-0.4, -0.2) is 4.32 Å². The molecule has 1 nitrogen and oxygen atoms in total. The van der Waals surface area contributed by atoms with Crippen LogP contribution >= 0.6 is 12.2 Å². The predicted octanol–water partition coefficient (Wildman–Crippen LogP) is 5.04. The van der Waals surface area contributed by atoms with Gasteiger partial charge in [0.2, 0.25) is 0 Å². The van der Waals surface area contributed by atoms with Crippen LogP contribution < -0.4 is 5.73 Å². The molecule has 104 valence electrons. The van der Waals surface area contributed by atoms with Gasteiger partial charge in [-0.15, -0.1) is 0 Å². The fourth-order valence-electron chi connectivity index (χ4n) is 1.84. The number of hydrogen-bond acceptors (Lipinski definition) is 2. The SMILES string of the molecule is CCCCCCCCCCCC[CH2][Zn+].NC(=S)[S-]. The number of nitrogens with two attached hydrogens (primary N) is 1. The summed E-state index contributed by atoms with van der Waals surface area (Å²) in [6, 6.07) is 0. The smallest absolute Gasteiger partial charge is 0.0708 e. The van der Waals surface area contributed by atoms with Crippen molar-refractivity contribution in [1.82, 2.24) is 0 Å². The first-order chi connectivity index (χ1) is 8.65. The van der Waals surface area contributed by atoms with E-state index in [2.05, 4.69) is 37.5 Å². The third kappa shape index (κ3) is 30.1. The Bertz CT molecular complexity index is 150. The molecule has 0 aromatic heterocycles. The maximum absolute atomic E-state index is 4.66. The molecule has 2 N–H and O–H groups in total. The molecule has 0 atom stereocenters. The Balaban J connectivity index is 0. The van der Waals surface area contributed by atoms with E-state index in [-0.39, 0.29) is 4.32 Å². The van der Waals surface area contributed by atoms with E-state index in [1.807, 2.05) is 0 Å². The molecule has 18 heavy (non-hydrogen) atoms. The molecule has 0 fully saturated rings. The Kier molecular flexibility index (Phi) is 23.4. The third-order valence-corrected chi connectivity index (χ3v) is 3.90. The van der Waals surface area contributed by atoms with Gasteiger partial charge in [-0.1, -0.05) is 11.2 Å². The van der Waals surface area contributed by atoms with Crippen LogP contribution in [0.1, 0.15) is 77.6 Å². The number of unbranched alkanes of at least 4 members (excludes halogenated alkanes) is 10. The molecule has 0 saturated carbocycles. The Morgan fingerprint density at radius 3 is 1.44 bits per heavy atom. The predicted molar refractivity (Wildman–Crippen MR) is 85.4 cm³/mol. The van der Waals surface area contributed by atoms with Crippen molar-refractivity contribution in [3.8, 4) is 0 Å². The molecule has 0 saturated heterocycles. The Morgan fingerprint density at radius 1 is 0.889 bits per heavy atom. The van der Waals surface area contributed by atoms with Gasteiger partial charge in [0.1, 0.15) is 0 Å². The number of rotatable bonds is 11. The van der Waals surface area contributed by atoms with Crippen LogP contribution in [0.2, 0.25) is 5.02 Å². The van der Waals surface area contributed by atoms with Gasteiger partial charge in [0, 0.05) is 0 Å². The van der Waals surface area contributed by atoms with Gasteiger partial charge in [0.05, 0.1) is 0 Å². The summed E-state index contributed by atoms with van der Waals surface area (Å²) in [6.45, 7) is 2.29. The summed E-state index contributed by atoms with van der Waals surface area (Å²) in [5, 5.41) is 1.50. The van der Waals surface area contributed by atoms with Crippen molar-refractivity contribution in [2.45, 2.75) is 82.6 Å². The summed E-state index contributed by atoms with van der Waals surface area (Å²) in [7, 11) is 0. The number of thiocarbonyl (C=S) groups is 1. The van der Waals surface area contributed by atoms with E-state index in [0.717, 1.165) is 0 Å². The Morgan fingerprint density at radius 2 is 1.17 bits per heavy atom. The summed E-state index contributed by atoms with van der Waals surface area (Å²) in [6.07, 6.45) is 16.2. The maximum Gasteiger partial charge on any atom is -0.0708 e. The molecule has 0 spiro atoms. The molecule has 0 radical (unpaired) electrons. The number of hydrogen-bond donors (Lipinski definition) is 1. The summed E-state index contributed by atoms with van der Waals surface area (Å²) < 4.78 is 0.0833. The average molecular weight is 341 g/mol. The minimum atomic E-state index is 0.0833. The van der Waals surface area contributed by atoms with Crippen molar-refractivity contribution in [3.63, 3.8) is 0 Å². The van der Waals surface area contributed by atoms with E-state index >= 15 is 0 Å². The van der Waals surface area contributed by atoms with E-state index in [1.54, 1.807) is 0 Å². The monoisotopic (exact) mass is 339 g/mol. The van der Waals surface area contributed by atoms with Gasteiger partial charge in [-0.05, 0) is 0 Å². The van der Waals surface area contributed by atoms with Gasteiger partial charge in [-0.2, -0.15) is 0 Å². The molecule has 0 heterocycles. The van der Waals surface area contributed by atoms with Crippen molar-refractivity contribution in [1.29, 1.82) is 0 Å². The molecular formula is C14H29NS2Zn. The molecule has 0 aliphatic rings. The first kappa shape index (κ1) is 21.0. The molecule has 0 amide bonds. The molecule has 0 aromatic rings. The van der Waals surface area contributed by atoms with Gasteiger partial charge in [0.15, 0.2) is 0 Å². The second kappa shape index (κ2) is 20.1. The van der Waals surface area contributed by atoms with Crippen LogP contribution in [0.15, 0.2) is 0 Å². The van der Waals surface area contributed by atoms with Crippen molar-refractivity contribution in [3.05, 3.63) is 0 Å². The average Bonchev–Trinajstić information content (AvgIpc) is 2.31. The molecule has 0 aliphatic heterocycles. The van der Waals surface area contributed by atoms with E-state index in [4.69, 9.17) is 0 Å². The van der Waals surface area contributed by atoms with Crippen LogP contribution in [0.4, 0.5) is 0 Å². The van der Waals surface area contributed by atoms with Gasteiger partial charge in [-0.3, -0.25) is 0 Å². The van der Waals surface area contributed by atoms with Crippen molar-refractivity contribution >= 4 is 29.2 Å². The van der Waals surface area contributed by atoms with Crippen LogP contribution in [0.5, 0.6) is 0 Å². The van der Waals surface area contributed by atoms with Crippen molar-refractivity contribution in [2.24, 2.45) is 5.73 Å². The zero-order valence-corrected chi connectivity index (χ0v) is 16.7. The van der Waals surface area contributed by atoms with E-state index in [9.17, 15) is 0 Å². The van der Waals surface area contributed by atoms with Gasteiger partial charge < -0.3 is 30.6 Å². The second-order valence-corrected chi connectivity index (χ2v) is 7.33. The first-order valence-corrected chi connectivity index (χ1v) is 10.3. The zero-order chi connectivity index (χ0) is 14.1. The largest absolute Gasteiger partial charge is 0.415 e. The van der Waals surface area contributed by atoms with Gasteiger partial charge >= 0.3 is 93.9 Å². The minimum Gasteiger partial charge on any atom is -0.415 e. The van der Waals surface area contributed by atoms with Gasteiger partial charge in [0.25, 0.3) is 0 Å². The summed E-state index contributed by atoms with van der Waals surface area (Å²) in [5.74, 6) is 0. The Labute approximate surface area is 135 Å². The van der Waals surface area contributed by atoms with Crippen LogP contribution in [0, 0.1) is 0 Å². The topological polar surface area (TPSA) is 26.0 Å². The molecule has 0 bridgehead atoms. The first-order valence-electron chi connectivity index (χ1n) is 7.40. The van der Waals surface area contributed by atoms with Crippen molar-refractivity contribution < 1.29 is 18.3 Å². The van der Waals surface area contributed by atoms with E-state index < -0.39 is 0 Å². The Hall–Kier alpha value is 0.733. The molecule has 4 heteroatoms. The molecular weight excluding hydrogens is 312 g/mol. The summed E-state index contributed by atoms with van der Waals surface area (Å²) >= 11 is 9.76. The molecule has 0 rings (SSSR count). The fraction of sp³-hybridized carbons (Fsp3) is 0.929. The quantitative estimate of drug-likeness (QED) is 0.247. The van der Waals surface area contributed by atoms with Crippen molar-refractivity contribution in [2.75, 3.05) is 0 Å². The van der Waals surface area contributed by atoms with Crippen LogP contribution in [0.3, 0.4) is 0 Å². The minimum absolute atomic E-state index is 0.0833. The van der Waals surface area contributed by atoms with Gasteiger partial charge in [-0.25, -0.2) is 0 Å². The van der Waals surface area contributed by atoms with E-state index in [0.29, 0.717) is 0 Å². The normalized spacial score (nSPS) is 9.72. The van der Waals surface area contributed by atoms with Crippen LogP contribution in [-0.2, 0) is 30.9 Å².